The maximum Gasteiger partial charge on any atom is 0.305 e. The third kappa shape index (κ3) is 50.5. The zero-order valence-electron chi connectivity index (χ0n) is 73.5. The van der Waals surface area contributed by atoms with Crippen LogP contribution in [0.1, 0.15) is 246 Å². The van der Waals surface area contributed by atoms with Crippen LogP contribution in [-0.4, -0.2) is 238 Å². The number of rotatable bonds is 70. The van der Waals surface area contributed by atoms with Crippen LogP contribution in [0.15, 0.2) is 34.3 Å². The van der Waals surface area contributed by atoms with Gasteiger partial charge in [-0.3, -0.25) is 86.7 Å². The number of aliphatic imine (C=N–C) groups is 2. The van der Waals surface area contributed by atoms with Gasteiger partial charge in [0.2, 0.25) is 88.6 Å². The van der Waals surface area contributed by atoms with Crippen LogP contribution in [0.4, 0.5) is 0 Å². The smallest absolute Gasteiger partial charge is 0.305 e. The van der Waals surface area contributed by atoms with Crippen LogP contribution < -0.4 is 115 Å². The molecule has 0 fully saturated rings. The Morgan fingerprint density at radius 2 is 0.680 bits per heavy atom. The summed E-state index contributed by atoms with van der Waals surface area (Å²) in [6, 6.07) is -14.1. The molecule has 0 saturated heterocycles. The number of nitrogens with two attached hydrogens (primary N) is 9. The molecule has 0 aliphatic heterocycles. The summed E-state index contributed by atoms with van der Waals surface area (Å²) in [4.78, 5) is 229. The second-order valence-corrected chi connectivity index (χ2v) is 32.2. The van der Waals surface area contributed by atoms with E-state index in [1.165, 1.54) is 62.8 Å². The van der Waals surface area contributed by atoms with Crippen LogP contribution in [0.3, 0.4) is 0 Å². The van der Waals surface area contributed by atoms with Crippen LogP contribution in [0.2, 0.25) is 0 Å². The number of benzene rings is 1. The van der Waals surface area contributed by atoms with Crippen LogP contribution in [0.25, 0.3) is 0 Å². The zero-order chi connectivity index (χ0) is 94.1. The number of amides is 15. The fourth-order valence-electron chi connectivity index (χ4n) is 13.2. The summed E-state index contributed by atoms with van der Waals surface area (Å²) in [5, 5.41) is 70.9. The summed E-state index contributed by atoms with van der Waals surface area (Å²) in [6.07, 6.45) is 8.53. The van der Waals surface area contributed by atoms with Gasteiger partial charge in [0.1, 0.15) is 78.3 Å². The van der Waals surface area contributed by atoms with E-state index < -0.39 is 218 Å². The first-order chi connectivity index (χ1) is 59.2. The van der Waals surface area contributed by atoms with E-state index >= 15 is 4.79 Å². The number of nitrogens with zero attached hydrogens (tertiary/aromatic N) is 2. The highest BCUT2D eigenvalue weighted by molar-refractivity contribution is 6.00. The van der Waals surface area contributed by atoms with Crippen molar-refractivity contribution >= 4 is 106 Å². The third-order valence-corrected chi connectivity index (χ3v) is 20.1. The number of guanidine groups is 2. The van der Waals surface area contributed by atoms with E-state index in [1.54, 1.807) is 27.7 Å². The number of aromatic hydroxyl groups is 1. The van der Waals surface area contributed by atoms with Gasteiger partial charge in [-0.25, -0.2) is 0 Å². The van der Waals surface area contributed by atoms with Crippen molar-refractivity contribution in [3.05, 3.63) is 29.8 Å². The molecule has 1 aromatic carbocycles. The third-order valence-electron chi connectivity index (χ3n) is 20.1. The fraction of sp³-hybridized carbons (Fsp3) is 0.707. The SMILES string of the molecule is CCCCCCCCCCCCCCCC(=O)NC(CC(=O)O)C(=O)NC(C(=O)NC(CCCN=C(N)N)C(=O)NC(CCC(N)=O)C(=O)NC(CCC(N)=O)C(=O)NC(Cc1ccc(O)cc1)C(=O)NC(CCCN=C(N)N)C(=O)NC(CCCCN)C(=O)NC(CC(C)C)C(=O)NC(CC(C)C)C(=O)NC(CCCCN)C(=O)NC(CO)C(N)=O)C(C)O. The molecule has 0 heterocycles. The molecule has 34 N–H and O–H groups in total. The number of carboxylic acids is 1. The van der Waals surface area contributed by atoms with E-state index in [1.807, 2.05) is 0 Å². The monoisotopic (exact) mass is 1770 g/mol. The summed E-state index contributed by atoms with van der Waals surface area (Å²) in [5.41, 5.74) is 50.7. The molecule has 0 radical (unpaired) electrons. The number of carboxylic acid groups (broad SMARTS) is 1. The van der Waals surface area contributed by atoms with Crippen molar-refractivity contribution in [3.63, 3.8) is 0 Å². The molecule has 15 amide bonds. The number of primary amides is 3. The molecule has 0 aliphatic rings. The van der Waals surface area contributed by atoms with Gasteiger partial charge >= 0.3 is 5.97 Å². The van der Waals surface area contributed by atoms with Gasteiger partial charge in [-0.05, 0) is 146 Å². The Hall–Kier alpha value is -11.1. The van der Waals surface area contributed by atoms with Crippen molar-refractivity contribution in [2.45, 2.75) is 326 Å². The predicted molar refractivity (Wildman–Crippen MR) is 467 cm³/mol. The number of hydrogen-bond acceptors (Lipinski definition) is 23. The predicted octanol–water partition coefficient (Wildman–Crippen LogP) is -3.44. The molecule has 13 atom stereocenters. The van der Waals surface area contributed by atoms with Gasteiger partial charge in [0, 0.05) is 38.8 Å². The van der Waals surface area contributed by atoms with Gasteiger partial charge in [0.05, 0.1) is 19.1 Å². The first-order valence-electron chi connectivity index (χ1n) is 43.5. The molecule has 0 spiro atoms. The largest absolute Gasteiger partial charge is 0.508 e. The van der Waals surface area contributed by atoms with Crippen molar-refractivity contribution < 1.29 is 97.1 Å². The van der Waals surface area contributed by atoms with Crippen molar-refractivity contribution in [2.75, 3.05) is 32.8 Å². The second kappa shape index (κ2) is 63.8. The number of phenolic OH excluding ortho intramolecular Hbond substituents is 1. The average Bonchev–Trinajstić information content (AvgIpc) is 0.851. The molecular formula is C82H145N23O20. The van der Waals surface area contributed by atoms with Gasteiger partial charge in [0.15, 0.2) is 11.9 Å². The lowest BCUT2D eigenvalue weighted by Crippen LogP contribution is -2.61. The molecule has 0 aliphatic carbocycles. The van der Waals surface area contributed by atoms with E-state index in [4.69, 9.17) is 51.6 Å². The summed E-state index contributed by atoms with van der Waals surface area (Å²) in [7, 11) is 0. The fourth-order valence-corrected chi connectivity index (χ4v) is 13.2. The van der Waals surface area contributed by atoms with Gasteiger partial charge in [-0.2, -0.15) is 0 Å². The molecule has 1 aromatic rings. The molecule has 708 valence electrons. The molecule has 0 saturated carbocycles. The van der Waals surface area contributed by atoms with E-state index in [9.17, 15) is 92.3 Å². The van der Waals surface area contributed by atoms with E-state index in [0.29, 0.717) is 32.1 Å². The Labute approximate surface area is 731 Å². The Morgan fingerprint density at radius 3 is 1.02 bits per heavy atom. The van der Waals surface area contributed by atoms with Crippen molar-refractivity contribution in [2.24, 2.45) is 73.4 Å². The van der Waals surface area contributed by atoms with Crippen molar-refractivity contribution in [1.29, 1.82) is 0 Å². The summed E-state index contributed by atoms with van der Waals surface area (Å²) in [6.45, 7) is 9.61. The van der Waals surface area contributed by atoms with Gasteiger partial charge in [0.25, 0.3) is 0 Å². The Balaban J connectivity index is 3.88. The molecule has 0 aromatic heterocycles. The summed E-state index contributed by atoms with van der Waals surface area (Å²) >= 11 is 0. The maximum absolute atomic E-state index is 15.1. The topological polar surface area (TPSA) is 757 Å². The Morgan fingerprint density at radius 1 is 0.360 bits per heavy atom. The lowest BCUT2D eigenvalue weighted by molar-refractivity contribution is -0.141. The van der Waals surface area contributed by atoms with E-state index in [0.717, 1.165) is 39.0 Å². The molecule has 43 nitrogen and oxygen atoms in total. The number of nitrogens with one attached hydrogen (secondary N) is 12. The van der Waals surface area contributed by atoms with E-state index in [2.05, 4.69) is 80.7 Å². The Bertz CT molecular complexity index is 3600. The first-order valence-corrected chi connectivity index (χ1v) is 43.5. The van der Waals surface area contributed by atoms with Crippen LogP contribution in [0, 0.1) is 11.8 Å². The quantitative estimate of drug-likeness (QED) is 0.0171. The first kappa shape index (κ1) is 112. The standard InChI is InChI=1S/C82H145N23O20/c1-7-8-9-10-11-12-13-14-15-16-17-18-19-30-66(111)94-62(46-67(112)113)79(124)105-68(50(6)107)80(125)100-56(29-25-42-93-82(90)91)71(116)98-57(35-37-64(85)109)74(119)99-58(36-38-65(86)110)75(120)103-61(45-51-31-33-52(108)34-32-51)78(123)97-55(28-24-41-92-81(88)89)70(115)95-53(26-20-22-39-83)72(117)101-60(44-49(4)5)77(122)102-59(43-48(2)3)76(121)96-54(27-21-23-40-84)73(118)104-63(47-106)69(87)114/h31-34,48-50,53-63,68,106-108H,7-30,35-47,83-84H2,1-6H3,(H2,85,109)(H2,86,110)(H2,87,114)(H,94,111)(H,95,115)(H,96,121)(H,97,123)(H,98,116)(H,99,119)(H,100,125)(H,101,117)(H,102,122)(H,103,120)(H,104,118)(H,105,124)(H,112,113)(H4,88,89,92)(H4,90,91,93). The number of aliphatic hydroxyl groups excluding tert-OH is 2. The lowest BCUT2D eigenvalue weighted by atomic mass is 9.99. The molecule has 0 bridgehead atoms. The van der Waals surface area contributed by atoms with Crippen molar-refractivity contribution in [1.82, 2.24) is 63.8 Å². The molecule has 13 unspecified atom stereocenters. The number of aliphatic hydroxyl groups is 2. The number of aliphatic carboxylic acids is 1. The van der Waals surface area contributed by atoms with Gasteiger partial charge < -0.3 is 136 Å². The summed E-state index contributed by atoms with van der Waals surface area (Å²) in [5.74, 6) is -18.1. The number of carbonyl (C=O) groups is 16. The van der Waals surface area contributed by atoms with Gasteiger partial charge in [-0.1, -0.05) is 124 Å². The lowest BCUT2D eigenvalue weighted by Gasteiger charge is -2.29. The minimum Gasteiger partial charge on any atom is -0.508 e. The molecule has 1 rings (SSSR count). The zero-order valence-corrected chi connectivity index (χ0v) is 73.5. The van der Waals surface area contributed by atoms with Crippen LogP contribution in [0.5, 0.6) is 5.75 Å². The normalized spacial score (nSPS) is 14.3. The van der Waals surface area contributed by atoms with E-state index in [-0.39, 0.29) is 125 Å². The Kier molecular flexibility index (Phi) is 57.1. The highest BCUT2D eigenvalue weighted by Crippen LogP contribution is 2.19. The highest BCUT2D eigenvalue weighted by Gasteiger charge is 2.39. The highest BCUT2D eigenvalue weighted by atomic mass is 16.4. The molecule has 125 heavy (non-hydrogen) atoms. The average molecular weight is 1770 g/mol. The second-order valence-electron chi connectivity index (χ2n) is 32.2. The minimum absolute atomic E-state index is 0.0193. The number of hydrogen-bond donors (Lipinski definition) is 25. The van der Waals surface area contributed by atoms with Gasteiger partial charge in [-0.15, -0.1) is 0 Å². The number of carbonyl (C=O) groups excluding carboxylic acids is 15. The minimum atomic E-state index is -1.94. The summed E-state index contributed by atoms with van der Waals surface area (Å²) < 4.78 is 0. The van der Waals surface area contributed by atoms with Crippen LogP contribution >= 0.6 is 0 Å². The number of phenols is 1. The maximum atomic E-state index is 15.1. The molecular weight excluding hydrogens is 1630 g/mol. The van der Waals surface area contributed by atoms with Crippen LogP contribution in [-0.2, 0) is 83.1 Å². The van der Waals surface area contributed by atoms with Crippen molar-refractivity contribution in [3.8, 4) is 5.75 Å². The number of unbranched alkanes of at least 4 members (excludes halogenated alkanes) is 14. The molecule has 43 heteroatoms.